The third kappa shape index (κ3) is 4.44. The first-order chi connectivity index (χ1) is 12.1. The average molecular weight is 347 g/mol. The summed E-state index contributed by atoms with van der Waals surface area (Å²) in [6.45, 7) is 7.61. The van der Waals surface area contributed by atoms with E-state index in [1.54, 1.807) is 7.11 Å². The van der Waals surface area contributed by atoms with Crippen LogP contribution in [0.4, 0.5) is 0 Å². The average Bonchev–Trinajstić information content (AvgIpc) is 2.65. The molecule has 1 N–H and O–H groups in total. The van der Waals surface area contributed by atoms with Gasteiger partial charge in [-0.3, -0.25) is 9.69 Å². The van der Waals surface area contributed by atoms with Crippen molar-refractivity contribution >= 4 is 5.91 Å². The number of carbonyl (C=O) groups is 1. The summed E-state index contributed by atoms with van der Waals surface area (Å²) in [7, 11) is 3.79. The number of likely N-dealkylation sites (N-methyl/N-ethyl adjacent to an activating group) is 1. The number of nitrogens with zero attached hydrogens (tertiary/aromatic N) is 2. The van der Waals surface area contributed by atoms with Gasteiger partial charge in [0.05, 0.1) is 13.0 Å². The van der Waals surface area contributed by atoms with Gasteiger partial charge in [0.1, 0.15) is 18.1 Å². The fraction of sp³-hybridized carbons (Fsp3) is 0.632. The Morgan fingerprint density at radius 1 is 1.36 bits per heavy atom. The third-order valence-corrected chi connectivity index (χ3v) is 5.28. The van der Waals surface area contributed by atoms with Crippen LogP contribution in [0, 0.1) is 5.92 Å². The molecule has 2 heterocycles. The third-order valence-electron chi connectivity index (χ3n) is 5.28. The minimum atomic E-state index is -0.124. The second kappa shape index (κ2) is 8.06. The second-order valence-electron chi connectivity index (χ2n) is 7.12. The summed E-state index contributed by atoms with van der Waals surface area (Å²) in [6.07, 6.45) is 0.716. The van der Waals surface area contributed by atoms with Gasteiger partial charge in [-0.15, -0.1) is 0 Å². The van der Waals surface area contributed by atoms with Crippen molar-refractivity contribution in [2.45, 2.75) is 19.4 Å². The Morgan fingerprint density at radius 3 is 2.84 bits per heavy atom. The molecule has 1 amide bonds. The van der Waals surface area contributed by atoms with E-state index in [9.17, 15) is 4.79 Å². The minimum absolute atomic E-state index is 0.0856. The summed E-state index contributed by atoms with van der Waals surface area (Å²) in [4.78, 5) is 17.3. The van der Waals surface area contributed by atoms with E-state index in [-0.39, 0.29) is 11.8 Å². The monoisotopic (exact) mass is 347 g/mol. The fourth-order valence-corrected chi connectivity index (χ4v) is 3.43. The molecule has 0 aromatic heterocycles. The van der Waals surface area contributed by atoms with Gasteiger partial charge in [-0.1, -0.05) is 6.07 Å². The van der Waals surface area contributed by atoms with Crippen LogP contribution in [-0.4, -0.2) is 75.2 Å². The molecule has 0 radical (unpaired) electrons. The first kappa shape index (κ1) is 18.0. The number of ether oxygens (including phenoxy) is 2. The predicted octanol–water partition coefficient (Wildman–Crippen LogP) is 0.998. The van der Waals surface area contributed by atoms with Crippen molar-refractivity contribution in [1.29, 1.82) is 0 Å². The van der Waals surface area contributed by atoms with Crippen LogP contribution in [0.25, 0.3) is 0 Å². The first-order valence-corrected chi connectivity index (χ1v) is 9.07. The molecule has 0 saturated carbocycles. The van der Waals surface area contributed by atoms with Crippen molar-refractivity contribution in [3.05, 3.63) is 23.8 Å². The number of nitrogens with one attached hydrogen (secondary N) is 1. The maximum absolute atomic E-state index is 12.5. The van der Waals surface area contributed by atoms with Crippen molar-refractivity contribution in [2.24, 2.45) is 5.92 Å². The molecule has 0 aliphatic carbocycles. The maximum Gasteiger partial charge on any atom is 0.226 e. The van der Waals surface area contributed by atoms with E-state index >= 15 is 0 Å². The fourth-order valence-electron chi connectivity index (χ4n) is 3.43. The predicted molar refractivity (Wildman–Crippen MR) is 97.2 cm³/mol. The van der Waals surface area contributed by atoms with Crippen molar-refractivity contribution in [1.82, 2.24) is 15.1 Å². The van der Waals surface area contributed by atoms with Gasteiger partial charge in [-0.2, -0.15) is 0 Å². The van der Waals surface area contributed by atoms with Crippen LogP contribution in [0.1, 0.15) is 12.5 Å². The molecule has 0 bridgehead atoms. The lowest BCUT2D eigenvalue weighted by atomic mass is 9.96. The van der Waals surface area contributed by atoms with Crippen LogP contribution in [-0.2, 0) is 11.2 Å². The number of rotatable bonds is 5. The van der Waals surface area contributed by atoms with Gasteiger partial charge in [0.15, 0.2) is 0 Å². The Morgan fingerprint density at radius 2 is 2.12 bits per heavy atom. The number of methoxy groups -OCH3 is 1. The molecular weight excluding hydrogens is 318 g/mol. The molecule has 2 aliphatic rings. The lowest BCUT2D eigenvalue weighted by Gasteiger charge is -2.36. The lowest BCUT2D eigenvalue weighted by Crippen LogP contribution is -2.52. The van der Waals surface area contributed by atoms with Crippen LogP contribution in [0.15, 0.2) is 18.2 Å². The number of hydrogen-bond donors (Lipinski definition) is 1. The van der Waals surface area contributed by atoms with Gasteiger partial charge in [0.25, 0.3) is 0 Å². The number of piperazine rings is 1. The summed E-state index contributed by atoms with van der Waals surface area (Å²) in [5.41, 5.74) is 1.07. The summed E-state index contributed by atoms with van der Waals surface area (Å²) >= 11 is 0. The van der Waals surface area contributed by atoms with E-state index in [1.165, 1.54) is 0 Å². The Balaban J connectivity index is 1.48. The Hall–Kier alpha value is -1.79. The van der Waals surface area contributed by atoms with Gasteiger partial charge in [-0.25, -0.2) is 0 Å². The van der Waals surface area contributed by atoms with Crippen LogP contribution in [0.3, 0.4) is 0 Å². The molecule has 0 spiro atoms. The number of fused-ring (bicyclic) bond motifs is 1. The van der Waals surface area contributed by atoms with Crippen LogP contribution < -0.4 is 14.8 Å². The van der Waals surface area contributed by atoms with E-state index in [4.69, 9.17) is 9.47 Å². The highest BCUT2D eigenvalue weighted by molar-refractivity contribution is 5.79. The quantitative estimate of drug-likeness (QED) is 0.861. The summed E-state index contributed by atoms with van der Waals surface area (Å²) in [6, 6.07) is 6.15. The van der Waals surface area contributed by atoms with Gasteiger partial charge < -0.3 is 19.7 Å². The van der Waals surface area contributed by atoms with Gasteiger partial charge >= 0.3 is 0 Å². The zero-order chi connectivity index (χ0) is 17.8. The Bertz CT molecular complexity index is 600. The summed E-state index contributed by atoms with van der Waals surface area (Å²) in [5, 5.41) is 3.12. The Kier molecular flexibility index (Phi) is 5.81. The molecule has 2 aliphatic heterocycles. The Labute approximate surface area is 150 Å². The van der Waals surface area contributed by atoms with Crippen molar-refractivity contribution < 1.29 is 14.3 Å². The molecule has 6 heteroatoms. The first-order valence-electron chi connectivity index (χ1n) is 9.07. The summed E-state index contributed by atoms with van der Waals surface area (Å²) in [5.74, 6) is 1.57. The second-order valence-corrected chi connectivity index (χ2v) is 7.12. The SMILES string of the molecule is COc1ccc2c(c1)OC[C@H](C(=O)NC[C@H](C)N1CCN(C)CC1)C2. The standard InChI is InChI=1S/C19H29N3O3/c1-14(22-8-6-21(2)7-9-22)12-20-19(23)16-10-15-4-5-17(24-3)11-18(15)25-13-16/h4-5,11,14,16H,6-10,12-13H2,1-3H3,(H,20,23)/t14-,16+/m0/s1. The van der Waals surface area contributed by atoms with Gasteiger partial charge in [0, 0.05) is 44.8 Å². The highest BCUT2D eigenvalue weighted by Gasteiger charge is 2.27. The largest absolute Gasteiger partial charge is 0.497 e. The van der Waals surface area contributed by atoms with Crippen molar-refractivity contribution in [3.63, 3.8) is 0 Å². The topological polar surface area (TPSA) is 54.0 Å². The van der Waals surface area contributed by atoms with E-state index < -0.39 is 0 Å². The van der Waals surface area contributed by atoms with Crippen LogP contribution in [0.5, 0.6) is 11.5 Å². The summed E-state index contributed by atoms with van der Waals surface area (Å²) < 4.78 is 11.0. The van der Waals surface area contributed by atoms with E-state index in [2.05, 4.69) is 29.1 Å². The van der Waals surface area contributed by atoms with Crippen molar-refractivity contribution in [2.75, 3.05) is 53.5 Å². The zero-order valence-corrected chi connectivity index (χ0v) is 15.5. The number of amides is 1. The molecule has 25 heavy (non-hydrogen) atoms. The normalized spacial score (nSPS) is 22.6. The van der Waals surface area contributed by atoms with Crippen LogP contribution in [0.2, 0.25) is 0 Å². The van der Waals surface area contributed by atoms with E-state index in [0.717, 1.165) is 43.2 Å². The number of carbonyl (C=O) groups excluding carboxylic acids is 1. The smallest absolute Gasteiger partial charge is 0.226 e. The highest BCUT2D eigenvalue weighted by Crippen LogP contribution is 2.31. The molecule has 2 atom stereocenters. The molecule has 6 nitrogen and oxygen atoms in total. The molecule has 0 unspecified atom stereocenters. The molecule has 1 fully saturated rings. The molecule has 1 saturated heterocycles. The maximum atomic E-state index is 12.5. The lowest BCUT2D eigenvalue weighted by molar-refractivity contribution is -0.126. The number of benzene rings is 1. The van der Waals surface area contributed by atoms with E-state index in [1.807, 2.05) is 18.2 Å². The molecule has 3 rings (SSSR count). The zero-order valence-electron chi connectivity index (χ0n) is 15.5. The molecule has 1 aromatic carbocycles. The van der Waals surface area contributed by atoms with Gasteiger partial charge in [-0.05, 0) is 32.0 Å². The van der Waals surface area contributed by atoms with Crippen LogP contribution >= 0.6 is 0 Å². The molecule has 1 aromatic rings. The van der Waals surface area contributed by atoms with Gasteiger partial charge in [0.2, 0.25) is 5.91 Å². The highest BCUT2D eigenvalue weighted by atomic mass is 16.5. The minimum Gasteiger partial charge on any atom is -0.497 e. The van der Waals surface area contributed by atoms with E-state index in [0.29, 0.717) is 25.6 Å². The van der Waals surface area contributed by atoms with Crippen molar-refractivity contribution in [3.8, 4) is 11.5 Å². The number of hydrogen-bond acceptors (Lipinski definition) is 5. The molecule has 138 valence electrons. The molecular formula is C19H29N3O3.